The molecule has 1 saturated heterocycles. The van der Waals surface area contributed by atoms with Gasteiger partial charge in [-0.05, 0) is 38.6 Å². The lowest BCUT2D eigenvalue weighted by molar-refractivity contribution is 0.0788. The van der Waals surface area contributed by atoms with Gasteiger partial charge < -0.3 is 10.5 Å². The number of methoxy groups -OCH3 is 1. The number of ether oxygens (including phenoxy) is 1. The highest BCUT2D eigenvalue weighted by atomic mass is 16.5. The van der Waals surface area contributed by atoms with Gasteiger partial charge in [0, 0.05) is 25.7 Å². The fourth-order valence-corrected chi connectivity index (χ4v) is 2.73. The van der Waals surface area contributed by atoms with Crippen LogP contribution in [-0.2, 0) is 4.74 Å². The van der Waals surface area contributed by atoms with Gasteiger partial charge in [-0.25, -0.2) is 0 Å². The van der Waals surface area contributed by atoms with Gasteiger partial charge >= 0.3 is 0 Å². The zero-order chi connectivity index (χ0) is 11.3. The molecule has 15 heavy (non-hydrogen) atoms. The molecule has 2 N–H and O–H groups in total. The van der Waals surface area contributed by atoms with Gasteiger partial charge in [0.1, 0.15) is 0 Å². The topological polar surface area (TPSA) is 38.5 Å². The second-order valence-electron chi connectivity index (χ2n) is 4.93. The predicted molar refractivity (Wildman–Crippen MR) is 63.9 cm³/mol. The minimum atomic E-state index is 0.568. The minimum Gasteiger partial charge on any atom is -0.383 e. The minimum absolute atomic E-state index is 0.568. The van der Waals surface area contributed by atoms with E-state index in [2.05, 4.69) is 18.7 Å². The number of nitrogens with zero attached hydrogens (tertiary/aromatic N) is 1. The van der Waals surface area contributed by atoms with Crippen molar-refractivity contribution < 1.29 is 4.74 Å². The molecule has 3 nitrogen and oxygen atoms in total. The van der Waals surface area contributed by atoms with E-state index in [1.807, 2.05) is 0 Å². The van der Waals surface area contributed by atoms with Crippen LogP contribution in [-0.4, -0.2) is 43.8 Å². The molecule has 0 aromatic carbocycles. The van der Waals surface area contributed by atoms with E-state index in [1.54, 1.807) is 7.11 Å². The molecule has 1 aliphatic heterocycles. The van der Waals surface area contributed by atoms with Crippen molar-refractivity contribution in [1.82, 2.24) is 4.90 Å². The third kappa shape index (κ3) is 3.74. The summed E-state index contributed by atoms with van der Waals surface area (Å²) in [5.74, 6) is 0.831. The average molecular weight is 214 g/mol. The molecule has 0 saturated carbocycles. The van der Waals surface area contributed by atoms with E-state index >= 15 is 0 Å². The smallest absolute Gasteiger partial charge is 0.0618 e. The van der Waals surface area contributed by atoms with Crippen LogP contribution in [0.3, 0.4) is 0 Å². The summed E-state index contributed by atoms with van der Waals surface area (Å²) in [6.45, 7) is 7.52. The van der Waals surface area contributed by atoms with Gasteiger partial charge in [0.15, 0.2) is 0 Å². The largest absolute Gasteiger partial charge is 0.383 e. The first-order chi connectivity index (χ1) is 7.19. The lowest BCUT2D eigenvalue weighted by Crippen LogP contribution is -2.41. The Morgan fingerprint density at radius 2 is 2.20 bits per heavy atom. The molecule has 3 heteroatoms. The molecule has 1 heterocycles. The molecule has 0 aromatic rings. The Balaban J connectivity index is 2.46. The molecule has 0 bridgehead atoms. The summed E-state index contributed by atoms with van der Waals surface area (Å²) in [6.07, 6.45) is 3.59. The Morgan fingerprint density at radius 1 is 1.47 bits per heavy atom. The maximum absolute atomic E-state index is 5.57. The van der Waals surface area contributed by atoms with Crippen LogP contribution in [0.15, 0.2) is 0 Å². The van der Waals surface area contributed by atoms with E-state index in [4.69, 9.17) is 10.5 Å². The molecule has 3 unspecified atom stereocenters. The summed E-state index contributed by atoms with van der Waals surface area (Å²) in [6, 6.07) is 1.27. The van der Waals surface area contributed by atoms with Crippen LogP contribution in [0.1, 0.15) is 33.1 Å². The third-order valence-corrected chi connectivity index (χ3v) is 3.40. The Bertz CT molecular complexity index is 175. The highest BCUT2D eigenvalue weighted by molar-refractivity contribution is 4.85. The van der Waals surface area contributed by atoms with Gasteiger partial charge in [-0.15, -0.1) is 0 Å². The van der Waals surface area contributed by atoms with E-state index in [0.717, 1.165) is 25.5 Å². The van der Waals surface area contributed by atoms with Gasteiger partial charge in [0.2, 0.25) is 0 Å². The van der Waals surface area contributed by atoms with Gasteiger partial charge in [0.25, 0.3) is 0 Å². The second kappa shape index (κ2) is 6.46. The molecule has 3 atom stereocenters. The van der Waals surface area contributed by atoms with E-state index in [1.165, 1.54) is 19.4 Å². The summed E-state index contributed by atoms with van der Waals surface area (Å²) in [5, 5.41) is 0. The van der Waals surface area contributed by atoms with Crippen molar-refractivity contribution in [3.05, 3.63) is 0 Å². The molecule has 0 radical (unpaired) electrons. The third-order valence-electron chi connectivity index (χ3n) is 3.40. The van der Waals surface area contributed by atoms with E-state index < -0.39 is 0 Å². The zero-order valence-corrected chi connectivity index (χ0v) is 10.4. The standard InChI is InChI=1S/C12H26N2O/c1-10-7-11(2)14(8-10)12(9-15-3)5-4-6-13/h10-12H,4-9,13H2,1-3H3. The molecule has 1 rings (SSSR count). The molecule has 0 spiro atoms. The fourth-order valence-electron chi connectivity index (χ4n) is 2.73. The van der Waals surface area contributed by atoms with Gasteiger partial charge in [-0.2, -0.15) is 0 Å². The van der Waals surface area contributed by atoms with Crippen LogP contribution < -0.4 is 5.73 Å². The van der Waals surface area contributed by atoms with Gasteiger partial charge in [0.05, 0.1) is 6.61 Å². The van der Waals surface area contributed by atoms with Gasteiger partial charge in [-0.1, -0.05) is 6.92 Å². The van der Waals surface area contributed by atoms with Gasteiger partial charge in [-0.3, -0.25) is 4.90 Å². The Labute approximate surface area is 94.0 Å². The number of likely N-dealkylation sites (tertiary alicyclic amines) is 1. The van der Waals surface area contributed by atoms with Crippen molar-refractivity contribution in [1.29, 1.82) is 0 Å². The molecule has 0 aromatic heterocycles. The lowest BCUT2D eigenvalue weighted by atomic mass is 10.1. The SMILES string of the molecule is COCC(CCCN)N1CC(C)CC1C. The zero-order valence-electron chi connectivity index (χ0n) is 10.4. The number of hydrogen-bond donors (Lipinski definition) is 1. The lowest BCUT2D eigenvalue weighted by Gasteiger charge is -2.31. The Hall–Kier alpha value is -0.120. The van der Waals surface area contributed by atoms with E-state index in [-0.39, 0.29) is 0 Å². The van der Waals surface area contributed by atoms with Crippen LogP contribution in [0.5, 0.6) is 0 Å². The first kappa shape index (κ1) is 12.9. The molecular formula is C12H26N2O. The van der Waals surface area contributed by atoms with Crippen LogP contribution in [0.2, 0.25) is 0 Å². The normalized spacial score (nSPS) is 29.6. The number of rotatable bonds is 6. The quantitative estimate of drug-likeness (QED) is 0.727. The van der Waals surface area contributed by atoms with Crippen molar-refractivity contribution in [2.24, 2.45) is 11.7 Å². The summed E-state index contributed by atoms with van der Waals surface area (Å²) < 4.78 is 5.31. The predicted octanol–water partition coefficient (Wildman–Crippen LogP) is 1.47. The number of nitrogens with two attached hydrogens (primary N) is 1. The summed E-state index contributed by atoms with van der Waals surface area (Å²) >= 11 is 0. The highest BCUT2D eigenvalue weighted by Crippen LogP contribution is 2.26. The molecular weight excluding hydrogens is 188 g/mol. The van der Waals surface area contributed by atoms with Crippen LogP contribution >= 0.6 is 0 Å². The van der Waals surface area contributed by atoms with Crippen molar-refractivity contribution in [2.75, 3.05) is 26.8 Å². The molecule has 90 valence electrons. The van der Waals surface area contributed by atoms with E-state index in [0.29, 0.717) is 12.1 Å². The molecule has 1 aliphatic rings. The Kier molecular flexibility index (Phi) is 5.58. The highest BCUT2D eigenvalue weighted by Gasteiger charge is 2.31. The molecule has 0 aliphatic carbocycles. The van der Waals surface area contributed by atoms with Crippen LogP contribution in [0, 0.1) is 5.92 Å². The van der Waals surface area contributed by atoms with Crippen molar-refractivity contribution in [2.45, 2.75) is 45.2 Å². The summed E-state index contributed by atoms with van der Waals surface area (Å²) in [7, 11) is 1.79. The van der Waals surface area contributed by atoms with Crippen LogP contribution in [0.4, 0.5) is 0 Å². The van der Waals surface area contributed by atoms with Crippen molar-refractivity contribution in [3.8, 4) is 0 Å². The average Bonchev–Trinajstić information content (AvgIpc) is 2.52. The van der Waals surface area contributed by atoms with Crippen LogP contribution in [0.25, 0.3) is 0 Å². The summed E-state index contributed by atoms with van der Waals surface area (Å²) in [5.41, 5.74) is 5.57. The second-order valence-corrected chi connectivity index (χ2v) is 4.93. The van der Waals surface area contributed by atoms with Crippen molar-refractivity contribution in [3.63, 3.8) is 0 Å². The maximum atomic E-state index is 5.57. The van der Waals surface area contributed by atoms with Crippen molar-refractivity contribution >= 4 is 0 Å². The summed E-state index contributed by atoms with van der Waals surface area (Å²) in [4.78, 5) is 2.60. The van der Waals surface area contributed by atoms with E-state index in [9.17, 15) is 0 Å². The molecule has 0 amide bonds. The number of hydrogen-bond acceptors (Lipinski definition) is 3. The molecule has 1 fully saturated rings. The fraction of sp³-hybridized carbons (Fsp3) is 1.00. The first-order valence-electron chi connectivity index (χ1n) is 6.13. The Morgan fingerprint density at radius 3 is 2.67 bits per heavy atom. The monoisotopic (exact) mass is 214 g/mol. The first-order valence-corrected chi connectivity index (χ1v) is 6.13. The maximum Gasteiger partial charge on any atom is 0.0618 e.